The van der Waals surface area contributed by atoms with Gasteiger partial charge < -0.3 is 11.1 Å². The summed E-state index contributed by atoms with van der Waals surface area (Å²) < 4.78 is 0. The van der Waals surface area contributed by atoms with Crippen molar-refractivity contribution in [2.45, 2.75) is 0 Å². The van der Waals surface area contributed by atoms with Crippen LogP contribution in [0.15, 0.2) is 52.3 Å². The second-order valence-electron chi connectivity index (χ2n) is 2.91. The molecule has 0 fully saturated rings. The summed E-state index contributed by atoms with van der Waals surface area (Å²) in [6.45, 7) is 0. The van der Waals surface area contributed by atoms with Crippen LogP contribution in [0.3, 0.4) is 0 Å². The normalized spacial score (nSPS) is 18.4. The number of allylic oxidation sites excluding steroid dienone is 3. The van der Waals surface area contributed by atoms with Gasteiger partial charge in [-0.15, -0.1) is 0 Å². The number of nitrogens with zero attached hydrogens (tertiary/aromatic N) is 1. The van der Waals surface area contributed by atoms with Gasteiger partial charge in [-0.05, 0) is 12.2 Å². The van der Waals surface area contributed by atoms with Crippen LogP contribution >= 0.6 is 0 Å². The van der Waals surface area contributed by atoms with Crippen LogP contribution in [-0.4, -0.2) is 12.2 Å². The summed E-state index contributed by atoms with van der Waals surface area (Å²) in [7, 11) is 0. The lowest BCUT2D eigenvalue weighted by molar-refractivity contribution is -0.114. The van der Waals surface area contributed by atoms with Crippen molar-refractivity contribution < 1.29 is 4.79 Å². The van der Waals surface area contributed by atoms with Gasteiger partial charge in [0.15, 0.2) is 0 Å². The van der Waals surface area contributed by atoms with Crippen LogP contribution in [0.2, 0.25) is 0 Å². The summed E-state index contributed by atoms with van der Waals surface area (Å²) in [5.74, 6) is -0.437. The Labute approximate surface area is 81.2 Å². The minimum Gasteiger partial charge on any atom is -0.366 e. The SMILES string of the molecule is NC(=O)C1=CC=CC2=CN=CNC2=C1. The molecule has 70 valence electrons. The Bertz CT molecular complexity index is 425. The molecule has 0 spiro atoms. The third kappa shape index (κ3) is 1.50. The topological polar surface area (TPSA) is 67.5 Å². The average Bonchev–Trinajstić information content (AvgIpc) is 2.39. The van der Waals surface area contributed by atoms with Gasteiger partial charge in [0.2, 0.25) is 5.91 Å². The van der Waals surface area contributed by atoms with Crippen LogP contribution in [0.4, 0.5) is 0 Å². The molecule has 1 aliphatic heterocycles. The van der Waals surface area contributed by atoms with E-state index >= 15 is 0 Å². The van der Waals surface area contributed by atoms with Crippen LogP contribution in [0, 0.1) is 0 Å². The van der Waals surface area contributed by atoms with Gasteiger partial charge in [-0.3, -0.25) is 4.79 Å². The molecule has 0 aromatic heterocycles. The summed E-state index contributed by atoms with van der Waals surface area (Å²) in [6.07, 6.45) is 10.3. The molecule has 2 rings (SSSR count). The first kappa shape index (κ1) is 8.50. The van der Waals surface area contributed by atoms with Crippen molar-refractivity contribution in [1.29, 1.82) is 0 Å². The molecular formula is C10H9N3O. The Hall–Kier alpha value is -2.10. The van der Waals surface area contributed by atoms with Crippen molar-refractivity contribution in [3.05, 3.63) is 47.3 Å². The number of amides is 1. The van der Waals surface area contributed by atoms with E-state index in [2.05, 4.69) is 10.3 Å². The highest BCUT2D eigenvalue weighted by Gasteiger charge is 2.10. The van der Waals surface area contributed by atoms with Crippen LogP contribution in [-0.2, 0) is 4.79 Å². The van der Waals surface area contributed by atoms with Gasteiger partial charge in [-0.2, -0.15) is 0 Å². The minimum atomic E-state index is -0.437. The lowest BCUT2D eigenvalue weighted by Crippen LogP contribution is -2.17. The van der Waals surface area contributed by atoms with E-state index in [4.69, 9.17) is 5.73 Å². The number of hydrogen-bond acceptors (Lipinski definition) is 3. The molecule has 2 aliphatic rings. The molecule has 14 heavy (non-hydrogen) atoms. The predicted octanol–water partition coefficient (Wildman–Crippen LogP) is 0.367. The summed E-state index contributed by atoms with van der Waals surface area (Å²) in [5, 5.41) is 2.95. The summed E-state index contributed by atoms with van der Waals surface area (Å²) in [6, 6.07) is 0. The molecule has 0 radical (unpaired) electrons. The maximum Gasteiger partial charge on any atom is 0.248 e. The van der Waals surface area contributed by atoms with Crippen molar-refractivity contribution in [1.82, 2.24) is 5.32 Å². The highest BCUT2D eigenvalue weighted by Crippen LogP contribution is 2.17. The first-order valence-corrected chi connectivity index (χ1v) is 4.16. The van der Waals surface area contributed by atoms with E-state index < -0.39 is 5.91 Å². The van der Waals surface area contributed by atoms with E-state index in [9.17, 15) is 4.79 Å². The standard InChI is InChI=1S/C10H9N3O/c11-10(14)7-2-1-3-8-5-12-6-13-9(8)4-7/h1-6H,(H2,11,14)(H,12,13). The molecule has 0 saturated heterocycles. The van der Waals surface area contributed by atoms with E-state index in [1.54, 1.807) is 30.8 Å². The van der Waals surface area contributed by atoms with Gasteiger partial charge in [0.25, 0.3) is 0 Å². The third-order valence-electron chi connectivity index (χ3n) is 1.96. The molecule has 0 aromatic carbocycles. The number of carbonyl (C=O) groups excluding carboxylic acids is 1. The largest absolute Gasteiger partial charge is 0.366 e. The summed E-state index contributed by atoms with van der Waals surface area (Å²) in [5.41, 5.74) is 7.43. The Morgan fingerprint density at radius 1 is 1.50 bits per heavy atom. The van der Waals surface area contributed by atoms with Gasteiger partial charge in [0, 0.05) is 23.0 Å². The molecule has 4 heteroatoms. The minimum absolute atomic E-state index is 0.437. The van der Waals surface area contributed by atoms with Gasteiger partial charge >= 0.3 is 0 Å². The zero-order chi connectivity index (χ0) is 9.97. The number of primary amides is 1. The number of aliphatic imine (C=N–C) groups is 1. The molecule has 0 aromatic rings. The number of hydrogen-bond donors (Lipinski definition) is 2. The average molecular weight is 187 g/mol. The molecule has 1 aliphatic carbocycles. The van der Waals surface area contributed by atoms with Gasteiger partial charge in [0.05, 0.1) is 6.34 Å². The molecule has 1 amide bonds. The summed E-state index contributed by atoms with van der Waals surface area (Å²) in [4.78, 5) is 14.9. The van der Waals surface area contributed by atoms with E-state index in [0.717, 1.165) is 11.3 Å². The fraction of sp³-hybridized carbons (Fsp3) is 0. The lowest BCUT2D eigenvalue weighted by atomic mass is 10.1. The van der Waals surface area contributed by atoms with E-state index in [1.165, 1.54) is 0 Å². The Morgan fingerprint density at radius 2 is 2.36 bits per heavy atom. The van der Waals surface area contributed by atoms with Crippen LogP contribution < -0.4 is 11.1 Å². The van der Waals surface area contributed by atoms with Crippen LogP contribution in [0.5, 0.6) is 0 Å². The number of nitrogens with two attached hydrogens (primary N) is 1. The number of rotatable bonds is 1. The van der Waals surface area contributed by atoms with Crippen molar-refractivity contribution in [3.63, 3.8) is 0 Å². The second kappa shape index (κ2) is 3.33. The van der Waals surface area contributed by atoms with Crippen molar-refractivity contribution in [2.24, 2.45) is 10.7 Å². The van der Waals surface area contributed by atoms with Crippen LogP contribution in [0.25, 0.3) is 0 Å². The summed E-state index contributed by atoms with van der Waals surface area (Å²) >= 11 is 0. The maximum atomic E-state index is 11.0. The van der Waals surface area contributed by atoms with Crippen molar-refractivity contribution in [2.75, 3.05) is 0 Å². The Morgan fingerprint density at radius 3 is 3.14 bits per heavy atom. The smallest absolute Gasteiger partial charge is 0.248 e. The van der Waals surface area contributed by atoms with E-state index in [0.29, 0.717) is 5.57 Å². The molecule has 0 saturated carbocycles. The molecule has 0 bridgehead atoms. The van der Waals surface area contributed by atoms with Gasteiger partial charge in [-0.25, -0.2) is 4.99 Å². The fourth-order valence-electron chi connectivity index (χ4n) is 1.25. The van der Waals surface area contributed by atoms with Gasteiger partial charge in [0.1, 0.15) is 0 Å². The number of carbonyl (C=O) groups is 1. The van der Waals surface area contributed by atoms with E-state index in [-0.39, 0.29) is 0 Å². The first-order chi connectivity index (χ1) is 6.77. The van der Waals surface area contributed by atoms with Crippen LogP contribution in [0.1, 0.15) is 0 Å². The lowest BCUT2D eigenvalue weighted by Gasteiger charge is -2.10. The van der Waals surface area contributed by atoms with Crippen molar-refractivity contribution in [3.8, 4) is 0 Å². The Balaban J connectivity index is 2.43. The predicted molar refractivity (Wildman–Crippen MR) is 54.2 cm³/mol. The quantitative estimate of drug-likeness (QED) is 0.622. The second-order valence-corrected chi connectivity index (χ2v) is 2.91. The fourth-order valence-corrected chi connectivity index (χ4v) is 1.25. The molecule has 1 heterocycles. The first-order valence-electron chi connectivity index (χ1n) is 4.16. The molecule has 0 unspecified atom stereocenters. The maximum absolute atomic E-state index is 11.0. The highest BCUT2D eigenvalue weighted by atomic mass is 16.1. The van der Waals surface area contributed by atoms with E-state index in [1.807, 2.05) is 6.08 Å². The zero-order valence-corrected chi connectivity index (χ0v) is 7.40. The Kier molecular flexibility index (Phi) is 2.02. The number of fused-ring (bicyclic) bond motifs is 1. The zero-order valence-electron chi connectivity index (χ0n) is 7.40. The number of nitrogens with one attached hydrogen (secondary N) is 1. The highest BCUT2D eigenvalue weighted by molar-refractivity contribution is 5.96. The van der Waals surface area contributed by atoms with Crippen molar-refractivity contribution >= 4 is 12.2 Å². The molecule has 3 N–H and O–H groups in total. The molecular weight excluding hydrogens is 178 g/mol. The van der Waals surface area contributed by atoms with Gasteiger partial charge in [-0.1, -0.05) is 12.2 Å². The monoisotopic (exact) mass is 187 g/mol. The molecule has 0 atom stereocenters. The third-order valence-corrected chi connectivity index (χ3v) is 1.96. The molecule has 4 nitrogen and oxygen atoms in total.